The van der Waals surface area contributed by atoms with E-state index < -0.39 is 5.91 Å². The van der Waals surface area contributed by atoms with Crippen LogP contribution >= 0.6 is 15.9 Å². The van der Waals surface area contributed by atoms with Crippen molar-refractivity contribution in [1.82, 2.24) is 30.6 Å². The Morgan fingerprint density at radius 3 is 2.43 bits per heavy atom. The molecule has 0 aliphatic heterocycles. The monoisotopic (exact) mass is 446 g/mol. The minimum Gasteiger partial charge on any atom is -0.350 e. The molecular weight excluding hydrogens is 428 g/mol. The van der Waals surface area contributed by atoms with E-state index in [0.29, 0.717) is 17.9 Å². The molecule has 0 saturated heterocycles. The van der Waals surface area contributed by atoms with Gasteiger partial charge in [0.15, 0.2) is 5.82 Å². The number of carbonyl (C=O) groups excluding carboxylic acids is 2. The lowest BCUT2D eigenvalue weighted by atomic mass is 10.2. The van der Waals surface area contributed by atoms with Gasteiger partial charge in [0.1, 0.15) is 6.54 Å². The molecule has 0 aliphatic rings. The minimum absolute atomic E-state index is 0.134. The molecule has 2 amide bonds. The van der Waals surface area contributed by atoms with E-state index in [4.69, 9.17) is 4.52 Å². The normalized spacial score (nSPS) is 10.7. The minimum atomic E-state index is -0.498. The Labute approximate surface area is 169 Å². The third-order valence-electron chi connectivity index (χ3n) is 3.98. The predicted octanol–water partition coefficient (Wildman–Crippen LogP) is 1.85. The molecule has 0 radical (unpaired) electrons. The van der Waals surface area contributed by atoms with Gasteiger partial charge in [-0.15, -0.1) is 0 Å². The van der Waals surface area contributed by atoms with Crippen LogP contribution in [0.4, 0.5) is 0 Å². The van der Waals surface area contributed by atoms with Gasteiger partial charge in [0.05, 0.1) is 15.9 Å². The lowest BCUT2D eigenvalue weighted by Gasteiger charge is -2.05. The van der Waals surface area contributed by atoms with Crippen LogP contribution < -0.4 is 10.6 Å². The number of hydrogen-bond donors (Lipinski definition) is 2. The van der Waals surface area contributed by atoms with Gasteiger partial charge in [-0.1, -0.05) is 23.4 Å². The standard InChI is InChI=1S/C18H19BrN6O3/c1-11-15(19)12(2)25(23-11)10-14-22-18(28-24-14)17(27)21-9-8-20-16(26)13-6-4-3-5-7-13/h3-7H,8-10H2,1-2H3,(H,20,26)(H,21,27). The third-order valence-corrected chi connectivity index (χ3v) is 5.13. The Hall–Kier alpha value is -3.01. The van der Waals surface area contributed by atoms with Crippen LogP contribution in [0.15, 0.2) is 39.3 Å². The molecule has 1 aromatic carbocycles. The first-order valence-electron chi connectivity index (χ1n) is 8.59. The molecule has 2 heterocycles. The van der Waals surface area contributed by atoms with Gasteiger partial charge in [0.2, 0.25) is 0 Å². The molecule has 28 heavy (non-hydrogen) atoms. The maximum Gasteiger partial charge on any atom is 0.316 e. The van der Waals surface area contributed by atoms with Gasteiger partial charge in [0.25, 0.3) is 5.91 Å². The topological polar surface area (TPSA) is 115 Å². The largest absolute Gasteiger partial charge is 0.350 e. The van der Waals surface area contributed by atoms with Gasteiger partial charge < -0.3 is 15.2 Å². The summed E-state index contributed by atoms with van der Waals surface area (Å²) in [7, 11) is 0. The predicted molar refractivity (Wildman–Crippen MR) is 104 cm³/mol. The van der Waals surface area contributed by atoms with E-state index in [-0.39, 0.29) is 24.9 Å². The Morgan fingerprint density at radius 1 is 1.11 bits per heavy atom. The molecular formula is C18H19BrN6O3. The lowest BCUT2D eigenvalue weighted by molar-refractivity contribution is 0.0898. The summed E-state index contributed by atoms with van der Waals surface area (Å²) in [5, 5.41) is 13.5. The summed E-state index contributed by atoms with van der Waals surface area (Å²) in [6.45, 7) is 4.61. The smallest absolute Gasteiger partial charge is 0.316 e. The number of rotatable bonds is 7. The molecule has 3 rings (SSSR count). The van der Waals surface area contributed by atoms with Crippen LogP contribution in [0.5, 0.6) is 0 Å². The van der Waals surface area contributed by atoms with Crippen molar-refractivity contribution in [2.75, 3.05) is 13.1 Å². The summed E-state index contributed by atoms with van der Waals surface area (Å²) in [5.41, 5.74) is 2.35. The number of halogens is 1. The highest BCUT2D eigenvalue weighted by atomic mass is 79.9. The summed E-state index contributed by atoms with van der Waals surface area (Å²) >= 11 is 3.46. The zero-order valence-electron chi connectivity index (χ0n) is 15.4. The number of amides is 2. The van der Waals surface area contributed by atoms with Crippen LogP contribution in [-0.2, 0) is 6.54 Å². The van der Waals surface area contributed by atoms with E-state index in [0.717, 1.165) is 15.9 Å². The first-order chi connectivity index (χ1) is 13.5. The van der Waals surface area contributed by atoms with Crippen LogP contribution in [0.3, 0.4) is 0 Å². The van der Waals surface area contributed by atoms with Crippen molar-refractivity contribution in [3.63, 3.8) is 0 Å². The van der Waals surface area contributed by atoms with Crippen molar-refractivity contribution in [1.29, 1.82) is 0 Å². The van der Waals surface area contributed by atoms with Crippen LogP contribution in [0.25, 0.3) is 0 Å². The molecule has 0 atom stereocenters. The number of benzene rings is 1. The molecule has 0 saturated carbocycles. The van der Waals surface area contributed by atoms with E-state index >= 15 is 0 Å². The number of carbonyl (C=O) groups is 2. The van der Waals surface area contributed by atoms with E-state index in [1.165, 1.54) is 0 Å². The first kappa shape index (κ1) is 19.7. The number of hydrogen-bond acceptors (Lipinski definition) is 6. The summed E-state index contributed by atoms with van der Waals surface area (Å²) in [6, 6.07) is 8.84. The molecule has 10 heteroatoms. The second kappa shape index (κ2) is 8.79. The van der Waals surface area contributed by atoms with Gasteiger partial charge >= 0.3 is 11.8 Å². The van der Waals surface area contributed by atoms with Crippen LogP contribution in [0, 0.1) is 13.8 Å². The molecule has 0 spiro atoms. The van der Waals surface area contributed by atoms with Crippen LogP contribution in [0.2, 0.25) is 0 Å². The number of nitrogens with one attached hydrogen (secondary N) is 2. The van der Waals surface area contributed by atoms with E-state index in [1.807, 2.05) is 19.9 Å². The maximum absolute atomic E-state index is 12.1. The van der Waals surface area contributed by atoms with Crippen molar-refractivity contribution in [2.45, 2.75) is 20.4 Å². The second-order valence-electron chi connectivity index (χ2n) is 6.04. The second-order valence-corrected chi connectivity index (χ2v) is 6.83. The molecule has 0 bridgehead atoms. The zero-order valence-corrected chi connectivity index (χ0v) is 17.0. The number of nitrogens with zero attached hydrogens (tertiary/aromatic N) is 4. The Morgan fingerprint density at radius 2 is 1.79 bits per heavy atom. The average Bonchev–Trinajstić information content (AvgIpc) is 3.26. The molecule has 2 N–H and O–H groups in total. The Kier molecular flexibility index (Phi) is 6.19. The SMILES string of the molecule is Cc1nn(Cc2noc(C(=O)NCCNC(=O)c3ccccc3)n2)c(C)c1Br. The van der Waals surface area contributed by atoms with Gasteiger partial charge in [-0.2, -0.15) is 10.1 Å². The third kappa shape index (κ3) is 4.63. The molecule has 0 aliphatic carbocycles. The highest BCUT2D eigenvalue weighted by Crippen LogP contribution is 2.20. The molecule has 146 valence electrons. The summed E-state index contributed by atoms with van der Waals surface area (Å²) < 4.78 is 7.66. The van der Waals surface area contributed by atoms with Gasteiger partial charge in [-0.3, -0.25) is 14.3 Å². The Balaban J connectivity index is 1.47. The van der Waals surface area contributed by atoms with Crippen molar-refractivity contribution in [2.24, 2.45) is 0 Å². The number of aryl methyl sites for hydroxylation is 1. The summed E-state index contributed by atoms with van der Waals surface area (Å²) in [6.07, 6.45) is 0. The van der Waals surface area contributed by atoms with Crippen molar-refractivity contribution < 1.29 is 14.1 Å². The first-order valence-corrected chi connectivity index (χ1v) is 9.38. The Bertz CT molecular complexity index is 983. The van der Waals surface area contributed by atoms with E-state index in [9.17, 15) is 9.59 Å². The van der Waals surface area contributed by atoms with E-state index in [2.05, 4.69) is 41.8 Å². The van der Waals surface area contributed by atoms with Gasteiger partial charge in [0, 0.05) is 18.7 Å². The molecule has 0 unspecified atom stereocenters. The maximum atomic E-state index is 12.1. The molecule has 9 nitrogen and oxygen atoms in total. The van der Waals surface area contributed by atoms with Crippen molar-refractivity contribution in [3.05, 3.63) is 63.5 Å². The van der Waals surface area contributed by atoms with Gasteiger partial charge in [-0.05, 0) is 41.9 Å². The van der Waals surface area contributed by atoms with Crippen molar-refractivity contribution in [3.8, 4) is 0 Å². The fourth-order valence-electron chi connectivity index (χ4n) is 2.49. The summed E-state index contributed by atoms with van der Waals surface area (Å²) in [4.78, 5) is 28.1. The van der Waals surface area contributed by atoms with Crippen molar-refractivity contribution >= 4 is 27.7 Å². The zero-order chi connectivity index (χ0) is 20.1. The number of aromatic nitrogens is 4. The summed E-state index contributed by atoms with van der Waals surface area (Å²) in [5.74, 6) is -0.487. The fourth-order valence-corrected chi connectivity index (χ4v) is 2.78. The van der Waals surface area contributed by atoms with Gasteiger partial charge in [-0.25, -0.2) is 0 Å². The molecule has 2 aromatic heterocycles. The van der Waals surface area contributed by atoms with Crippen LogP contribution in [0.1, 0.15) is 38.3 Å². The molecule has 0 fully saturated rings. The highest BCUT2D eigenvalue weighted by Gasteiger charge is 2.17. The lowest BCUT2D eigenvalue weighted by Crippen LogP contribution is -2.34. The average molecular weight is 447 g/mol. The van der Waals surface area contributed by atoms with Crippen LogP contribution in [-0.4, -0.2) is 44.8 Å². The quantitative estimate of drug-likeness (QED) is 0.535. The fraction of sp³-hybridized carbons (Fsp3) is 0.278. The highest BCUT2D eigenvalue weighted by molar-refractivity contribution is 9.10. The van der Waals surface area contributed by atoms with E-state index in [1.54, 1.807) is 28.9 Å². The molecule has 3 aromatic rings.